The van der Waals surface area contributed by atoms with Crippen LogP contribution in [0.25, 0.3) is 11.1 Å². The van der Waals surface area contributed by atoms with E-state index < -0.39 is 5.97 Å². The van der Waals surface area contributed by atoms with Crippen LogP contribution >= 0.6 is 23.4 Å². The Morgan fingerprint density at radius 2 is 1.70 bits per heavy atom. The van der Waals surface area contributed by atoms with Gasteiger partial charge in [0.25, 0.3) is 0 Å². The van der Waals surface area contributed by atoms with Crippen LogP contribution in [-0.4, -0.2) is 40.2 Å². The van der Waals surface area contributed by atoms with Crippen molar-refractivity contribution < 1.29 is 19.4 Å². The summed E-state index contributed by atoms with van der Waals surface area (Å²) < 4.78 is 10.2. The largest absolute Gasteiger partial charge is 0.481 e. The van der Waals surface area contributed by atoms with Crippen LogP contribution in [0.4, 0.5) is 0 Å². The summed E-state index contributed by atoms with van der Waals surface area (Å²) in [5.74, 6) is -0.504. The van der Waals surface area contributed by atoms with Gasteiger partial charge in [-0.05, 0) is 35.5 Å². The fourth-order valence-electron chi connectivity index (χ4n) is 2.32. The van der Waals surface area contributed by atoms with Gasteiger partial charge in [0.05, 0.1) is 25.8 Å². The lowest BCUT2D eigenvalue weighted by Gasteiger charge is -2.11. The van der Waals surface area contributed by atoms with Crippen LogP contribution in [0.15, 0.2) is 52.8 Å². The van der Waals surface area contributed by atoms with E-state index in [1.807, 2.05) is 0 Å². The van der Waals surface area contributed by atoms with E-state index in [-0.39, 0.29) is 15.7 Å². The van der Waals surface area contributed by atoms with Crippen LogP contribution in [0, 0.1) is 0 Å². The Hall–Kier alpha value is -2.84. The molecule has 0 radical (unpaired) electrons. The molecule has 0 spiro atoms. The number of aromatic carboxylic acids is 1. The van der Waals surface area contributed by atoms with Crippen LogP contribution in [0.3, 0.4) is 0 Å². The molecule has 0 saturated heterocycles. The molecular weight excluding hydrogens is 390 g/mol. The third-order valence-electron chi connectivity index (χ3n) is 3.55. The van der Waals surface area contributed by atoms with Crippen molar-refractivity contribution in [3.63, 3.8) is 0 Å². The molecular formula is C18H14ClN3O4S. The second-order valence-electron chi connectivity index (χ2n) is 5.19. The van der Waals surface area contributed by atoms with E-state index in [0.717, 1.165) is 11.8 Å². The molecule has 3 rings (SSSR count). The second kappa shape index (κ2) is 8.24. The maximum Gasteiger partial charge on any atom is 0.339 e. The molecule has 0 unspecified atom stereocenters. The highest BCUT2D eigenvalue weighted by Crippen LogP contribution is 2.34. The molecule has 1 N–H and O–H groups in total. The predicted molar refractivity (Wildman–Crippen MR) is 101 cm³/mol. The minimum absolute atomic E-state index is 0.0511. The number of rotatable bonds is 6. The summed E-state index contributed by atoms with van der Waals surface area (Å²) in [6, 6.07) is 10.1. The summed E-state index contributed by atoms with van der Waals surface area (Å²) in [6.45, 7) is 0. The normalized spacial score (nSPS) is 10.5. The van der Waals surface area contributed by atoms with Crippen LogP contribution in [0.1, 0.15) is 10.4 Å². The van der Waals surface area contributed by atoms with Crippen molar-refractivity contribution in [2.24, 2.45) is 0 Å². The Kier molecular flexibility index (Phi) is 5.78. The lowest BCUT2D eigenvalue weighted by atomic mass is 10.0. The number of ether oxygens (including phenoxy) is 2. The molecule has 0 fully saturated rings. The van der Waals surface area contributed by atoms with E-state index in [4.69, 9.17) is 21.1 Å². The number of carbonyl (C=O) groups is 1. The van der Waals surface area contributed by atoms with Crippen LogP contribution in [-0.2, 0) is 0 Å². The molecule has 7 nitrogen and oxygen atoms in total. The van der Waals surface area contributed by atoms with Crippen LogP contribution < -0.4 is 9.47 Å². The van der Waals surface area contributed by atoms with Crippen molar-refractivity contribution in [1.82, 2.24) is 15.0 Å². The zero-order chi connectivity index (χ0) is 19.4. The summed E-state index contributed by atoms with van der Waals surface area (Å²) >= 11 is 6.94. The summed E-state index contributed by atoms with van der Waals surface area (Å²) in [6.07, 6.45) is 1.54. The van der Waals surface area contributed by atoms with E-state index >= 15 is 0 Å². The molecule has 1 aromatic carbocycles. The third kappa shape index (κ3) is 4.29. The number of carboxylic acids is 1. The SMILES string of the molecule is COc1cc(OC)nc(Sc2nccc(-c3ccc(Cl)cc3)c2C(=O)O)n1. The van der Waals surface area contributed by atoms with Crippen molar-refractivity contribution in [2.45, 2.75) is 10.2 Å². The topological polar surface area (TPSA) is 94.4 Å². The average Bonchev–Trinajstić information content (AvgIpc) is 2.67. The highest BCUT2D eigenvalue weighted by molar-refractivity contribution is 7.99. The Morgan fingerprint density at radius 3 is 2.26 bits per heavy atom. The average molecular weight is 404 g/mol. The van der Waals surface area contributed by atoms with Crippen molar-refractivity contribution in [3.8, 4) is 22.9 Å². The zero-order valence-electron chi connectivity index (χ0n) is 14.3. The highest BCUT2D eigenvalue weighted by atomic mass is 35.5. The minimum Gasteiger partial charge on any atom is -0.481 e. The molecule has 138 valence electrons. The Labute approximate surface area is 164 Å². The smallest absolute Gasteiger partial charge is 0.339 e. The molecule has 27 heavy (non-hydrogen) atoms. The van der Waals surface area contributed by atoms with Crippen LogP contribution in [0.2, 0.25) is 5.02 Å². The van der Waals surface area contributed by atoms with Gasteiger partial charge in [-0.1, -0.05) is 23.7 Å². The lowest BCUT2D eigenvalue weighted by molar-refractivity contribution is 0.0693. The van der Waals surface area contributed by atoms with Crippen LogP contribution in [0.5, 0.6) is 11.8 Å². The quantitative estimate of drug-likeness (QED) is 0.616. The Balaban J connectivity index is 2.07. The van der Waals surface area contributed by atoms with Gasteiger partial charge in [-0.3, -0.25) is 0 Å². The van der Waals surface area contributed by atoms with E-state index in [9.17, 15) is 9.90 Å². The van der Waals surface area contributed by atoms with Crippen molar-refractivity contribution >= 4 is 29.3 Å². The van der Waals surface area contributed by atoms with E-state index in [1.165, 1.54) is 26.5 Å². The minimum atomic E-state index is -1.11. The fourth-order valence-corrected chi connectivity index (χ4v) is 3.30. The first-order valence-electron chi connectivity index (χ1n) is 7.65. The number of aromatic nitrogens is 3. The van der Waals surface area contributed by atoms with E-state index in [0.29, 0.717) is 27.9 Å². The van der Waals surface area contributed by atoms with Gasteiger partial charge in [0.1, 0.15) is 5.03 Å². The summed E-state index contributed by atoms with van der Waals surface area (Å²) in [7, 11) is 2.94. The monoisotopic (exact) mass is 403 g/mol. The fraction of sp³-hybridized carbons (Fsp3) is 0.111. The summed E-state index contributed by atoms with van der Waals surface area (Å²) in [5.41, 5.74) is 1.28. The number of halogens is 1. The predicted octanol–water partition coefficient (Wildman–Crippen LogP) is 4.06. The molecule has 9 heteroatoms. The Morgan fingerprint density at radius 1 is 1.07 bits per heavy atom. The molecule has 0 atom stereocenters. The lowest BCUT2D eigenvalue weighted by Crippen LogP contribution is -2.05. The summed E-state index contributed by atoms with van der Waals surface area (Å²) in [4.78, 5) is 24.6. The molecule has 2 heterocycles. The molecule has 0 bridgehead atoms. The van der Waals surface area contributed by atoms with Gasteiger partial charge in [0, 0.05) is 16.8 Å². The van der Waals surface area contributed by atoms with Crippen molar-refractivity contribution in [3.05, 3.63) is 53.2 Å². The number of benzene rings is 1. The number of nitrogens with zero attached hydrogens (tertiary/aromatic N) is 3. The summed E-state index contributed by atoms with van der Waals surface area (Å²) in [5, 5.41) is 10.9. The molecule has 0 aliphatic carbocycles. The molecule has 0 saturated carbocycles. The Bertz CT molecular complexity index is 961. The standard InChI is InChI=1S/C18H14ClN3O4S/c1-25-13-9-14(26-2)22-18(21-13)27-16-15(17(23)24)12(7-8-20-16)10-3-5-11(19)6-4-10/h3-9H,1-2H3,(H,23,24). The van der Waals surface area contributed by atoms with Crippen molar-refractivity contribution in [2.75, 3.05) is 14.2 Å². The first-order chi connectivity index (χ1) is 13.0. The van der Waals surface area contributed by atoms with E-state index in [1.54, 1.807) is 30.3 Å². The van der Waals surface area contributed by atoms with Gasteiger partial charge in [0.15, 0.2) is 0 Å². The highest BCUT2D eigenvalue weighted by Gasteiger charge is 2.20. The number of carboxylic acid groups (broad SMARTS) is 1. The van der Waals surface area contributed by atoms with Gasteiger partial charge in [-0.25, -0.2) is 9.78 Å². The van der Waals surface area contributed by atoms with Gasteiger partial charge < -0.3 is 14.6 Å². The molecule has 2 aromatic heterocycles. The molecule has 0 amide bonds. The molecule has 0 aliphatic rings. The van der Waals surface area contributed by atoms with E-state index in [2.05, 4.69) is 15.0 Å². The number of methoxy groups -OCH3 is 2. The first kappa shape index (κ1) is 18.9. The van der Waals surface area contributed by atoms with Gasteiger partial charge >= 0.3 is 5.97 Å². The molecule has 0 aliphatic heterocycles. The number of hydrogen-bond donors (Lipinski definition) is 1. The number of hydrogen-bond acceptors (Lipinski definition) is 7. The van der Waals surface area contributed by atoms with Gasteiger partial charge in [-0.15, -0.1) is 0 Å². The maximum absolute atomic E-state index is 11.9. The van der Waals surface area contributed by atoms with Crippen molar-refractivity contribution in [1.29, 1.82) is 0 Å². The van der Waals surface area contributed by atoms with Gasteiger partial charge in [0.2, 0.25) is 16.9 Å². The third-order valence-corrected chi connectivity index (χ3v) is 4.67. The maximum atomic E-state index is 11.9. The van der Waals surface area contributed by atoms with Gasteiger partial charge in [-0.2, -0.15) is 9.97 Å². The second-order valence-corrected chi connectivity index (χ2v) is 6.58. The molecule has 3 aromatic rings. The first-order valence-corrected chi connectivity index (χ1v) is 8.84. The number of pyridine rings is 1. The zero-order valence-corrected chi connectivity index (χ0v) is 15.9.